The first-order chi connectivity index (χ1) is 8.24. The summed E-state index contributed by atoms with van der Waals surface area (Å²) in [6, 6.07) is 2.30. The smallest absolute Gasteiger partial charge is 0.317 e. The zero-order valence-electron chi connectivity index (χ0n) is 9.76. The SMILES string of the molecule is Cc1nccc(N2CC(N3CCNC3=O)C2)n1. The fourth-order valence-electron chi connectivity index (χ4n) is 2.29. The van der Waals surface area contributed by atoms with Crippen LogP contribution in [0.5, 0.6) is 0 Å². The molecule has 3 rings (SSSR count). The lowest BCUT2D eigenvalue weighted by Gasteiger charge is -2.44. The molecule has 2 saturated heterocycles. The highest BCUT2D eigenvalue weighted by molar-refractivity contribution is 5.77. The predicted octanol–water partition coefficient (Wildman–Crippen LogP) is -0.00118. The molecule has 1 aromatic heterocycles. The third-order valence-corrected chi connectivity index (χ3v) is 3.28. The molecule has 0 aromatic carbocycles. The van der Waals surface area contributed by atoms with Crippen LogP contribution in [0.3, 0.4) is 0 Å². The van der Waals surface area contributed by atoms with Crippen LogP contribution in [0.1, 0.15) is 5.82 Å². The van der Waals surface area contributed by atoms with E-state index in [9.17, 15) is 4.79 Å². The number of anilines is 1. The maximum Gasteiger partial charge on any atom is 0.317 e. The summed E-state index contributed by atoms with van der Waals surface area (Å²) < 4.78 is 0. The molecule has 2 amide bonds. The van der Waals surface area contributed by atoms with Crippen molar-refractivity contribution in [3.05, 3.63) is 18.1 Å². The Bertz CT molecular complexity index is 443. The molecule has 1 aromatic rings. The van der Waals surface area contributed by atoms with Crippen molar-refractivity contribution >= 4 is 11.8 Å². The standard InChI is InChI=1S/C11H15N5O/c1-8-12-3-2-10(14-8)15-6-9(7-15)16-5-4-13-11(16)17/h2-3,9H,4-7H2,1H3,(H,13,17). The monoisotopic (exact) mass is 233 g/mol. The number of nitrogens with zero attached hydrogens (tertiary/aromatic N) is 4. The van der Waals surface area contributed by atoms with Gasteiger partial charge in [-0.2, -0.15) is 0 Å². The van der Waals surface area contributed by atoms with E-state index in [-0.39, 0.29) is 6.03 Å². The second-order valence-electron chi connectivity index (χ2n) is 4.45. The first-order valence-electron chi connectivity index (χ1n) is 5.83. The summed E-state index contributed by atoms with van der Waals surface area (Å²) in [5.41, 5.74) is 0. The highest BCUT2D eigenvalue weighted by Crippen LogP contribution is 2.22. The third kappa shape index (κ3) is 1.79. The van der Waals surface area contributed by atoms with Crippen LogP contribution in [-0.2, 0) is 0 Å². The van der Waals surface area contributed by atoms with E-state index in [1.807, 2.05) is 17.9 Å². The van der Waals surface area contributed by atoms with Crippen LogP contribution in [0.25, 0.3) is 0 Å². The van der Waals surface area contributed by atoms with Gasteiger partial charge in [0.2, 0.25) is 0 Å². The Kier molecular flexibility index (Phi) is 2.35. The van der Waals surface area contributed by atoms with E-state index in [1.54, 1.807) is 6.20 Å². The highest BCUT2D eigenvalue weighted by atomic mass is 16.2. The summed E-state index contributed by atoms with van der Waals surface area (Å²) in [5.74, 6) is 1.73. The summed E-state index contributed by atoms with van der Waals surface area (Å²) in [6.07, 6.45) is 1.77. The molecule has 6 heteroatoms. The quantitative estimate of drug-likeness (QED) is 0.781. The normalized spacial score (nSPS) is 20.4. The van der Waals surface area contributed by atoms with Crippen LogP contribution >= 0.6 is 0 Å². The lowest BCUT2D eigenvalue weighted by molar-refractivity contribution is 0.185. The van der Waals surface area contributed by atoms with Gasteiger partial charge in [0.1, 0.15) is 11.6 Å². The lowest BCUT2D eigenvalue weighted by atomic mass is 10.1. The lowest BCUT2D eigenvalue weighted by Crippen LogP contribution is -2.60. The molecule has 17 heavy (non-hydrogen) atoms. The minimum atomic E-state index is 0.0634. The van der Waals surface area contributed by atoms with Crippen LogP contribution in [0.4, 0.5) is 10.6 Å². The molecule has 0 radical (unpaired) electrons. The summed E-state index contributed by atoms with van der Waals surface area (Å²) >= 11 is 0. The van der Waals surface area contributed by atoms with E-state index in [2.05, 4.69) is 20.2 Å². The molecule has 1 N–H and O–H groups in total. The van der Waals surface area contributed by atoms with E-state index in [0.717, 1.165) is 37.8 Å². The average molecular weight is 233 g/mol. The molecule has 2 aliphatic rings. The number of nitrogens with one attached hydrogen (secondary N) is 1. The summed E-state index contributed by atoms with van der Waals surface area (Å²) in [4.78, 5) is 24.0. The molecule has 3 heterocycles. The molecule has 2 fully saturated rings. The summed E-state index contributed by atoms with van der Waals surface area (Å²) in [6.45, 7) is 5.20. The number of hydrogen-bond acceptors (Lipinski definition) is 4. The van der Waals surface area contributed by atoms with Gasteiger partial charge in [0.25, 0.3) is 0 Å². The van der Waals surface area contributed by atoms with Crippen molar-refractivity contribution < 1.29 is 4.79 Å². The van der Waals surface area contributed by atoms with Crippen molar-refractivity contribution in [3.63, 3.8) is 0 Å². The Balaban J connectivity index is 1.63. The van der Waals surface area contributed by atoms with Crippen molar-refractivity contribution in [1.29, 1.82) is 0 Å². The van der Waals surface area contributed by atoms with E-state index in [4.69, 9.17) is 0 Å². The van der Waals surface area contributed by atoms with E-state index >= 15 is 0 Å². The third-order valence-electron chi connectivity index (χ3n) is 3.28. The predicted molar refractivity (Wildman–Crippen MR) is 62.9 cm³/mol. The second kappa shape index (κ2) is 3.87. The fraction of sp³-hybridized carbons (Fsp3) is 0.545. The first kappa shape index (κ1) is 10.3. The Morgan fingerprint density at radius 2 is 2.29 bits per heavy atom. The van der Waals surface area contributed by atoms with E-state index in [0.29, 0.717) is 6.04 Å². The molecule has 2 aliphatic heterocycles. The van der Waals surface area contributed by atoms with Gasteiger partial charge in [-0.25, -0.2) is 14.8 Å². The maximum absolute atomic E-state index is 11.5. The molecular formula is C11H15N5O. The molecule has 0 aliphatic carbocycles. The van der Waals surface area contributed by atoms with Gasteiger partial charge in [-0.1, -0.05) is 0 Å². The number of carbonyl (C=O) groups is 1. The number of amides is 2. The van der Waals surface area contributed by atoms with Crippen molar-refractivity contribution in [3.8, 4) is 0 Å². The molecule has 0 bridgehead atoms. The van der Waals surface area contributed by atoms with Gasteiger partial charge in [0.15, 0.2) is 0 Å². The highest BCUT2D eigenvalue weighted by Gasteiger charge is 2.37. The molecule has 0 spiro atoms. The van der Waals surface area contributed by atoms with Gasteiger partial charge in [0, 0.05) is 32.4 Å². The van der Waals surface area contributed by atoms with Crippen LogP contribution < -0.4 is 10.2 Å². The van der Waals surface area contributed by atoms with E-state index in [1.165, 1.54) is 0 Å². The number of urea groups is 1. The number of aromatic nitrogens is 2. The molecular weight excluding hydrogens is 218 g/mol. The average Bonchev–Trinajstić information content (AvgIpc) is 2.63. The van der Waals surface area contributed by atoms with Crippen LogP contribution in [-0.4, -0.2) is 53.1 Å². The summed E-state index contributed by atoms with van der Waals surface area (Å²) in [5, 5.41) is 2.83. The van der Waals surface area contributed by atoms with Crippen molar-refractivity contribution in [2.75, 3.05) is 31.1 Å². The maximum atomic E-state index is 11.5. The Morgan fingerprint density at radius 3 is 2.94 bits per heavy atom. The minimum absolute atomic E-state index is 0.0634. The van der Waals surface area contributed by atoms with Gasteiger partial charge in [-0.05, 0) is 13.0 Å². The number of hydrogen-bond donors (Lipinski definition) is 1. The fourth-order valence-corrected chi connectivity index (χ4v) is 2.29. The topological polar surface area (TPSA) is 61.4 Å². The van der Waals surface area contributed by atoms with Crippen LogP contribution in [0, 0.1) is 6.92 Å². The van der Waals surface area contributed by atoms with Gasteiger partial charge >= 0.3 is 6.03 Å². The van der Waals surface area contributed by atoms with Gasteiger partial charge in [0.05, 0.1) is 6.04 Å². The van der Waals surface area contributed by atoms with Crippen molar-refractivity contribution in [2.24, 2.45) is 0 Å². The molecule has 6 nitrogen and oxygen atoms in total. The number of carbonyl (C=O) groups excluding carboxylic acids is 1. The largest absolute Gasteiger partial charge is 0.352 e. The van der Waals surface area contributed by atoms with E-state index < -0.39 is 0 Å². The molecule has 0 saturated carbocycles. The zero-order valence-corrected chi connectivity index (χ0v) is 9.76. The molecule has 0 unspecified atom stereocenters. The van der Waals surface area contributed by atoms with Gasteiger partial charge in [-0.15, -0.1) is 0 Å². The second-order valence-corrected chi connectivity index (χ2v) is 4.45. The first-order valence-corrected chi connectivity index (χ1v) is 5.83. The number of aryl methyl sites for hydroxylation is 1. The van der Waals surface area contributed by atoms with Crippen molar-refractivity contribution in [2.45, 2.75) is 13.0 Å². The Morgan fingerprint density at radius 1 is 1.47 bits per heavy atom. The minimum Gasteiger partial charge on any atom is -0.352 e. The van der Waals surface area contributed by atoms with Gasteiger partial charge < -0.3 is 15.1 Å². The van der Waals surface area contributed by atoms with Gasteiger partial charge in [-0.3, -0.25) is 0 Å². The van der Waals surface area contributed by atoms with Crippen LogP contribution in [0.2, 0.25) is 0 Å². The summed E-state index contributed by atoms with van der Waals surface area (Å²) in [7, 11) is 0. The molecule has 90 valence electrons. The van der Waals surface area contributed by atoms with Crippen molar-refractivity contribution in [1.82, 2.24) is 20.2 Å². The zero-order chi connectivity index (χ0) is 11.8. The molecule has 0 atom stereocenters. The van der Waals surface area contributed by atoms with Crippen LogP contribution in [0.15, 0.2) is 12.3 Å². The number of rotatable bonds is 2. The Labute approximate surface area is 99.6 Å². The Hall–Kier alpha value is -1.85.